The van der Waals surface area contributed by atoms with E-state index in [1.807, 2.05) is 6.07 Å². The van der Waals surface area contributed by atoms with Crippen LogP contribution in [0.15, 0.2) is 36.8 Å². The summed E-state index contributed by atoms with van der Waals surface area (Å²) in [5, 5.41) is 1.38. The van der Waals surface area contributed by atoms with Crippen LogP contribution in [-0.2, 0) is 13.0 Å². The molecular formula is C21H24N4. The molecular weight excluding hydrogens is 308 g/mol. The SMILES string of the molecule is C/C(=C\n1c2c(c3cc(C)ccc31)CN(C)C(C)C2)c1ccncn1. The summed E-state index contributed by atoms with van der Waals surface area (Å²) in [5.41, 5.74) is 7.61. The van der Waals surface area contributed by atoms with Gasteiger partial charge in [0.2, 0.25) is 0 Å². The fourth-order valence-corrected chi connectivity index (χ4v) is 3.72. The lowest BCUT2D eigenvalue weighted by Gasteiger charge is -2.30. The Morgan fingerprint density at radius 3 is 2.88 bits per heavy atom. The highest BCUT2D eigenvalue weighted by molar-refractivity contribution is 5.90. The van der Waals surface area contributed by atoms with Gasteiger partial charge in [0.05, 0.1) is 11.2 Å². The molecule has 1 unspecified atom stereocenters. The van der Waals surface area contributed by atoms with E-state index in [1.165, 1.54) is 27.7 Å². The lowest BCUT2D eigenvalue weighted by molar-refractivity contribution is 0.230. The van der Waals surface area contributed by atoms with Gasteiger partial charge in [-0.3, -0.25) is 4.90 Å². The maximum atomic E-state index is 4.39. The first kappa shape index (κ1) is 16.0. The Morgan fingerprint density at radius 2 is 2.12 bits per heavy atom. The molecule has 4 heteroatoms. The van der Waals surface area contributed by atoms with Crippen molar-refractivity contribution in [2.45, 2.75) is 39.8 Å². The summed E-state index contributed by atoms with van der Waals surface area (Å²) in [5.74, 6) is 0. The lowest BCUT2D eigenvalue weighted by atomic mass is 9.99. The number of hydrogen-bond donors (Lipinski definition) is 0. The van der Waals surface area contributed by atoms with E-state index in [2.05, 4.69) is 71.7 Å². The molecule has 0 saturated heterocycles. The highest BCUT2D eigenvalue weighted by atomic mass is 15.1. The summed E-state index contributed by atoms with van der Waals surface area (Å²) >= 11 is 0. The molecule has 4 nitrogen and oxygen atoms in total. The number of allylic oxidation sites excluding steroid dienone is 1. The van der Waals surface area contributed by atoms with Gasteiger partial charge in [-0.1, -0.05) is 11.6 Å². The van der Waals surface area contributed by atoms with Crippen molar-refractivity contribution in [2.24, 2.45) is 0 Å². The van der Waals surface area contributed by atoms with Gasteiger partial charge in [0.1, 0.15) is 6.33 Å². The summed E-state index contributed by atoms with van der Waals surface area (Å²) < 4.78 is 2.38. The van der Waals surface area contributed by atoms with Gasteiger partial charge in [0, 0.05) is 42.5 Å². The number of rotatable bonds is 2. The van der Waals surface area contributed by atoms with Gasteiger partial charge < -0.3 is 4.57 Å². The van der Waals surface area contributed by atoms with E-state index in [0.717, 1.165) is 24.2 Å². The summed E-state index contributed by atoms with van der Waals surface area (Å²) in [4.78, 5) is 10.9. The second-order valence-electron chi connectivity index (χ2n) is 7.19. The summed E-state index contributed by atoms with van der Waals surface area (Å²) in [6.07, 6.45) is 6.70. The quantitative estimate of drug-likeness (QED) is 0.707. The maximum Gasteiger partial charge on any atom is 0.116 e. The molecule has 1 aliphatic heterocycles. The number of likely N-dealkylation sites (N-methyl/N-ethyl adjacent to an activating group) is 1. The molecule has 0 amide bonds. The van der Waals surface area contributed by atoms with Gasteiger partial charge >= 0.3 is 0 Å². The third kappa shape index (κ3) is 2.76. The molecule has 1 aliphatic rings. The Labute approximate surface area is 148 Å². The predicted octanol–water partition coefficient (Wildman–Crippen LogP) is 4.13. The van der Waals surface area contributed by atoms with E-state index in [1.54, 1.807) is 12.5 Å². The van der Waals surface area contributed by atoms with Crippen LogP contribution in [0.4, 0.5) is 0 Å². The Hall–Kier alpha value is -2.46. The molecule has 2 aromatic heterocycles. The Bertz CT molecular complexity index is 953. The largest absolute Gasteiger partial charge is 0.320 e. The van der Waals surface area contributed by atoms with Crippen molar-refractivity contribution in [1.29, 1.82) is 0 Å². The van der Waals surface area contributed by atoms with Crippen LogP contribution >= 0.6 is 0 Å². The lowest BCUT2D eigenvalue weighted by Crippen LogP contribution is -2.35. The average Bonchev–Trinajstić information content (AvgIpc) is 2.89. The minimum atomic E-state index is 0.546. The normalized spacial score (nSPS) is 18.6. The Kier molecular flexibility index (Phi) is 3.92. The number of aryl methyl sites for hydroxylation is 1. The van der Waals surface area contributed by atoms with E-state index in [9.17, 15) is 0 Å². The van der Waals surface area contributed by atoms with Crippen LogP contribution in [-0.4, -0.2) is 32.5 Å². The van der Waals surface area contributed by atoms with Crippen LogP contribution in [0, 0.1) is 6.92 Å². The number of aromatic nitrogens is 3. The molecule has 128 valence electrons. The third-order valence-electron chi connectivity index (χ3n) is 5.33. The minimum Gasteiger partial charge on any atom is -0.320 e. The van der Waals surface area contributed by atoms with Crippen LogP contribution in [0.5, 0.6) is 0 Å². The average molecular weight is 332 g/mol. The fourth-order valence-electron chi connectivity index (χ4n) is 3.72. The van der Waals surface area contributed by atoms with E-state index in [-0.39, 0.29) is 0 Å². The van der Waals surface area contributed by atoms with Gasteiger partial charge in [-0.25, -0.2) is 9.97 Å². The van der Waals surface area contributed by atoms with E-state index in [0.29, 0.717) is 6.04 Å². The molecule has 4 rings (SSSR count). The topological polar surface area (TPSA) is 34.0 Å². The summed E-state index contributed by atoms with van der Waals surface area (Å²) in [7, 11) is 2.22. The molecule has 3 heterocycles. The van der Waals surface area contributed by atoms with Crippen molar-refractivity contribution in [1.82, 2.24) is 19.4 Å². The van der Waals surface area contributed by atoms with Gasteiger partial charge in [0.15, 0.2) is 0 Å². The van der Waals surface area contributed by atoms with Crippen molar-refractivity contribution < 1.29 is 0 Å². The Balaban J connectivity index is 1.93. The zero-order chi connectivity index (χ0) is 17.6. The van der Waals surface area contributed by atoms with Gasteiger partial charge in [-0.15, -0.1) is 0 Å². The molecule has 0 fully saturated rings. The standard InChI is InChI=1S/C21H24N4/c1-14-5-6-20-17(9-14)18-12-24(4)16(3)10-21(18)25(20)11-15(2)19-7-8-22-13-23-19/h5-9,11,13,16H,10,12H2,1-4H3/b15-11+. The number of hydrogen-bond acceptors (Lipinski definition) is 3. The van der Waals surface area contributed by atoms with Crippen LogP contribution in [0.3, 0.4) is 0 Å². The molecule has 3 aromatic rings. The summed E-state index contributed by atoms with van der Waals surface area (Å²) in [6.45, 7) is 7.59. The molecule has 0 N–H and O–H groups in total. The molecule has 0 radical (unpaired) electrons. The molecule has 0 spiro atoms. The molecule has 1 atom stereocenters. The first-order valence-corrected chi connectivity index (χ1v) is 8.82. The van der Waals surface area contributed by atoms with E-state index >= 15 is 0 Å². The summed E-state index contributed by atoms with van der Waals surface area (Å²) in [6, 6.07) is 9.28. The zero-order valence-corrected chi connectivity index (χ0v) is 15.3. The van der Waals surface area contributed by atoms with E-state index in [4.69, 9.17) is 0 Å². The Morgan fingerprint density at radius 1 is 1.28 bits per heavy atom. The van der Waals surface area contributed by atoms with E-state index < -0.39 is 0 Å². The molecule has 0 saturated carbocycles. The molecule has 25 heavy (non-hydrogen) atoms. The minimum absolute atomic E-state index is 0.546. The smallest absolute Gasteiger partial charge is 0.116 e. The zero-order valence-electron chi connectivity index (χ0n) is 15.3. The van der Waals surface area contributed by atoms with Crippen LogP contribution in [0.2, 0.25) is 0 Å². The molecule has 1 aromatic carbocycles. The monoisotopic (exact) mass is 332 g/mol. The van der Waals surface area contributed by atoms with Gasteiger partial charge in [-0.2, -0.15) is 0 Å². The molecule has 0 aliphatic carbocycles. The number of fused-ring (bicyclic) bond motifs is 3. The van der Waals surface area contributed by atoms with Gasteiger partial charge in [0.25, 0.3) is 0 Å². The third-order valence-corrected chi connectivity index (χ3v) is 5.33. The highest BCUT2D eigenvalue weighted by Crippen LogP contribution is 2.34. The van der Waals surface area contributed by atoms with Crippen molar-refractivity contribution in [3.63, 3.8) is 0 Å². The number of benzene rings is 1. The van der Waals surface area contributed by atoms with Crippen LogP contribution < -0.4 is 0 Å². The van der Waals surface area contributed by atoms with Crippen molar-refractivity contribution >= 4 is 22.7 Å². The molecule has 0 bridgehead atoms. The first-order chi connectivity index (χ1) is 12.0. The first-order valence-electron chi connectivity index (χ1n) is 8.82. The van der Waals surface area contributed by atoms with Gasteiger partial charge in [-0.05, 0) is 57.2 Å². The fraction of sp³-hybridized carbons (Fsp3) is 0.333. The number of nitrogens with zero attached hydrogens (tertiary/aromatic N) is 4. The highest BCUT2D eigenvalue weighted by Gasteiger charge is 2.26. The maximum absolute atomic E-state index is 4.39. The van der Waals surface area contributed by atoms with Crippen LogP contribution in [0.1, 0.15) is 36.4 Å². The van der Waals surface area contributed by atoms with Crippen LogP contribution in [0.25, 0.3) is 22.7 Å². The van der Waals surface area contributed by atoms with Crippen molar-refractivity contribution in [3.05, 3.63) is 59.3 Å². The predicted molar refractivity (Wildman–Crippen MR) is 103 cm³/mol. The second-order valence-corrected chi connectivity index (χ2v) is 7.19. The van der Waals surface area contributed by atoms with Crippen molar-refractivity contribution in [2.75, 3.05) is 7.05 Å². The second kappa shape index (κ2) is 6.12. The van der Waals surface area contributed by atoms with Crippen molar-refractivity contribution in [3.8, 4) is 0 Å².